The third-order valence-electron chi connectivity index (χ3n) is 3.29. The van der Waals surface area contributed by atoms with Crippen LogP contribution in [0.15, 0.2) is 12.3 Å². The van der Waals surface area contributed by atoms with Gasteiger partial charge in [0, 0.05) is 23.6 Å². The molecule has 2 heterocycles. The van der Waals surface area contributed by atoms with Crippen LogP contribution < -0.4 is 0 Å². The molecule has 0 spiro atoms. The number of carbonyl (C=O) groups excluding carboxylic acids is 2. The van der Waals surface area contributed by atoms with E-state index in [4.69, 9.17) is 23.2 Å². The zero-order valence-corrected chi connectivity index (χ0v) is 11.5. The van der Waals surface area contributed by atoms with E-state index in [1.807, 2.05) is 0 Å². The van der Waals surface area contributed by atoms with Crippen molar-refractivity contribution in [2.75, 3.05) is 0 Å². The van der Waals surface area contributed by atoms with Gasteiger partial charge in [0.2, 0.25) is 11.8 Å². The number of hydrogen-bond donors (Lipinski definition) is 0. The Morgan fingerprint density at radius 2 is 1.78 bits per heavy atom. The van der Waals surface area contributed by atoms with Crippen molar-refractivity contribution >= 4 is 35.0 Å². The van der Waals surface area contributed by atoms with Gasteiger partial charge in [-0.2, -0.15) is 0 Å². The van der Waals surface area contributed by atoms with Crippen LogP contribution >= 0.6 is 23.2 Å². The largest absolute Gasteiger partial charge is 0.278 e. The first-order valence-corrected chi connectivity index (χ1v) is 6.32. The van der Waals surface area contributed by atoms with Crippen molar-refractivity contribution in [3.63, 3.8) is 0 Å². The van der Waals surface area contributed by atoms with E-state index in [1.54, 1.807) is 13.8 Å². The van der Waals surface area contributed by atoms with Gasteiger partial charge in [-0.3, -0.25) is 14.5 Å². The summed E-state index contributed by atoms with van der Waals surface area (Å²) in [5.41, 5.74) is 0.615. The maximum Gasteiger partial charge on any atom is 0.233 e. The third kappa shape index (κ3) is 2.22. The molecule has 6 heteroatoms. The van der Waals surface area contributed by atoms with E-state index >= 15 is 0 Å². The second-order valence-electron chi connectivity index (χ2n) is 4.44. The van der Waals surface area contributed by atoms with Gasteiger partial charge in [-0.1, -0.05) is 37.0 Å². The molecule has 96 valence electrons. The number of aromatic nitrogens is 1. The number of likely N-dealkylation sites (tertiary alicyclic amines) is 1. The van der Waals surface area contributed by atoms with E-state index in [-0.39, 0.29) is 35.3 Å². The average molecular weight is 287 g/mol. The van der Waals surface area contributed by atoms with Crippen LogP contribution in [0, 0.1) is 11.8 Å². The van der Waals surface area contributed by atoms with E-state index < -0.39 is 0 Å². The van der Waals surface area contributed by atoms with Crippen LogP contribution in [0.1, 0.15) is 19.4 Å². The summed E-state index contributed by atoms with van der Waals surface area (Å²) in [5.74, 6) is -0.898. The molecule has 0 aliphatic carbocycles. The molecule has 0 radical (unpaired) electrons. The van der Waals surface area contributed by atoms with Crippen LogP contribution in [0.3, 0.4) is 0 Å². The molecular formula is C12H12Cl2N2O2. The highest BCUT2D eigenvalue weighted by Crippen LogP contribution is 2.28. The fourth-order valence-corrected chi connectivity index (χ4v) is 2.33. The van der Waals surface area contributed by atoms with Gasteiger partial charge in [0.15, 0.2) is 0 Å². The molecule has 0 bridgehead atoms. The quantitative estimate of drug-likeness (QED) is 0.620. The molecule has 2 atom stereocenters. The number of pyridine rings is 1. The minimum absolute atomic E-state index is 0.148. The van der Waals surface area contributed by atoms with Crippen molar-refractivity contribution in [2.45, 2.75) is 20.4 Å². The second kappa shape index (κ2) is 4.86. The summed E-state index contributed by atoms with van der Waals surface area (Å²) in [7, 11) is 0. The van der Waals surface area contributed by atoms with Gasteiger partial charge in [0.25, 0.3) is 0 Å². The van der Waals surface area contributed by atoms with Gasteiger partial charge in [0.05, 0.1) is 11.6 Å². The molecule has 0 saturated carbocycles. The number of amides is 2. The topological polar surface area (TPSA) is 50.3 Å². The second-order valence-corrected chi connectivity index (χ2v) is 5.23. The Kier molecular flexibility index (Phi) is 3.59. The zero-order valence-electron chi connectivity index (χ0n) is 9.98. The number of imide groups is 1. The number of carbonyl (C=O) groups is 2. The SMILES string of the molecule is CC1C(=O)N(Cc2cnc(Cl)cc2Cl)C(=O)C1C. The van der Waals surface area contributed by atoms with Crippen molar-refractivity contribution in [1.82, 2.24) is 9.88 Å². The predicted octanol–water partition coefficient (Wildman–Crippen LogP) is 2.53. The maximum absolute atomic E-state index is 11.9. The van der Waals surface area contributed by atoms with Gasteiger partial charge >= 0.3 is 0 Å². The van der Waals surface area contributed by atoms with E-state index in [0.717, 1.165) is 0 Å². The standard InChI is InChI=1S/C12H12Cl2N2O2/c1-6-7(2)12(18)16(11(6)17)5-8-4-15-10(14)3-9(8)13/h3-4,6-7H,5H2,1-2H3. The third-order valence-corrected chi connectivity index (χ3v) is 3.84. The van der Waals surface area contributed by atoms with Gasteiger partial charge in [0.1, 0.15) is 5.15 Å². The predicted molar refractivity (Wildman–Crippen MR) is 68.1 cm³/mol. The first kappa shape index (κ1) is 13.3. The maximum atomic E-state index is 11.9. The molecule has 1 saturated heterocycles. The number of rotatable bonds is 2. The summed E-state index contributed by atoms with van der Waals surface area (Å²) >= 11 is 11.7. The molecule has 1 aliphatic rings. The fourth-order valence-electron chi connectivity index (χ4n) is 1.91. The van der Waals surface area contributed by atoms with Crippen LogP contribution in [-0.4, -0.2) is 21.7 Å². The Morgan fingerprint density at radius 1 is 1.22 bits per heavy atom. The molecule has 4 nitrogen and oxygen atoms in total. The monoisotopic (exact) mass is 286 g/mol. The van der Waals surface area contributed by atoms with Gasteiger partial charge in [-0.25, -0.2) is 4.98 Å². The van der Waals surface area contributed by atoms with E-state index in [0.29, 0.717) is 10.6 Å². The highest BCUT2D eigenvalue weighted by Gasteiger charge is 2.42. The Morgan fingerprint density at radius 3 is 2.28 bits per heavy atom. The number of halogens is 2. The summed E-state index contributed by atoms with van der Waals surface area (Å²) in [6, 6.07) is 1.50. The van der Waals surface area contributed by atoms with Gasteiger partial charge < -0.3 is 0 Å². The summed E-state index contributed by atoms with van der Waals surface area (Å²) < 4.78 is 0. The minimum Gasteiger partial charge on any atom is -0.278 e. The van der Waals surface area contributed by atoms with E-state index in [9.17, 15) is 9.59 Å². The van der Waals surface area contributed by atoms with Crippen molar-refractivity contribution in [1.29, 1.82) is 0 Å². The van der Waals surface area contributed by atoms with Crippen LogP contribution in [0.25, 0.3) is 0 Å². The molecular weight excluding hydrogens is 275 g/mol. The minimum atomic E-state index is -0.281. The number of nitrogens with zero attached hydrogens (tertiary/aromatic N) is 2. The smallest absolute Gasteiger partial charge is 0.233 e. The Bertz CT molecular complexity index is 499. The summed E-state index contributed by atoms with van der Waals surface area (Å²) in [6.07, 6.45) is 1.48. The lowest BCUT2D eigenvalue weighted by Crippen LogP contribution is -2.30. The number of hydrogen-bond acceptors (Lipinski definition) is 3. The zero-order chi connectivity index (χ0) is 13.4. The van der Waals surface area contributed by atoms with Crippen LogP contribution in [0.5, 0.6) is 0 Å². The Balaban J connectivity index is 2.24. The van der Waals surface area contributed by atoms with Gasteiger partial charge in [-0.15, -0.1) is 0 Å². The fraction of sp³-hybridized carbons (Fsp3) is 0.417. The van der Waals surface area contributed by atoms with Crippen molar-refractivity contribution in [2.24, 2.45) is 11.8 Å². The summed E-state index contributed by atoms with van der Waals surface area (Å²) in [6.45, 7) is 3.66. The first-order chi connectivity index (χ1) is 8.41. The normalized spacial score (nSPS) is 23.9. The molecule has 1 aliphatic heterocycles. The summed E-state index contributed by atoms with van der Waals surface area (Å²) in [4.78, 5) is 29.0. The molecule has 0 N–H and O–H groups in total. The van der Waals surface area contributed by atoms with Crippen molar-refractivity contribution in [3.05, 3.63) is 28.0 Å². The Hall–Kier alpha value is -1.13. The van der Waals surface area contributed by atoms with Crippen LogP contribution in [0.4, 0.5) is 0 Å². The van der Waals surface area contributed by atoms with E-state index in [1.165, 1.54) is 17.2 Å². The average Bonchev–Trinajstić information content (AvgIpc) is 2.50. The lowest BCUT2D eigenvalue weighted by molar-refractivity contribution is -0.140. The van der Waals surface area contributed by atoms with Crippen molar-refractivity contribution < 1.29 is 9.59 Å². The lowest BCUT2D eigenvalue weighted by atomic mass is 10.00. The van der Waals surface area contributed by atoms with Crippen LogP contribution in [-0.2, 0) is 16.1 Å². The molecule has 2 unspecified atom stereocenters. The highest BCUT2D eigenvalue weighted by molar-refractivity contribution is 6.34. The van der Waals surface area contributed by atoms with E-state index in [2.05, 4.69) is 4.98 Å². The van der Waals surface area contributed by atoms with Gasteiger partial charge in [-0.05, 0) is 6.07 Å². The summed E-state index contributed by atoms with van der Waals surface area (Å²) in [5, 5.41) is 0.687. The molecule has 1 aromatic heterocycles. The lowest BCUT2D eigenvalue weighted by Gasteiger charge is -2.15. The molecule has 2 amide bonds. The molecule has 0 aromatic carbocycles. The molecule has 1 aromatic rings. The first-order valence-electron chi connectivity index (χ1n) is 5.57. The van der Waals surface area contributed by atoms with Crippen LogP contribution in [0.2, 0.25) is 10.2 Å². The van der Waals surface area contributed by atoms with Crippen molar-refractivity contribution in [3.8, 4) is 0 Å². The molecule has 2 rings (SSSR count). The highest BCUT2D eigenvalue weighted by atomic mass is 35.5. The molecule has 1 fully saturated rings. The Labute approximate surface area is 115 Å². The molecule has 18 heavy (non-hydrogen) atoms.